The number of carboxylic acid groups (broad SMARTS) is 1. The predicted octanol–water partition coefficient (Wildman–Crippen LogP) is 3.72. The maximum Gasteiger partial charge on any atom is 0.348 e. The molecule has 0 aliphatic heterocycles. The monoisotopic (exact) mass is 325 g/mol. The van der Waals surface area contributed by atoms with Gasteiger partial charge in [0.05, 0.1) is 35.0 Å². The summed E-state index contributed by atoms with van der Waals surface area (Å²) in [5.74, 6) is -1.00. The SMILES string of the molecule is Cc1nn2ccccc2c1-c1nc(-c2ccoc2)c(C(=O)O)s1. The van der Waals surface area contributed by atoms with Gasteiger partial charge >= 0.3 is 5.97 Å². The lowest BCUT2D eigenvalue weighted by atomic mass is 10.2. The molecule has 0 radical (unpaired) electrons. The minimum Gasteiger partial charge on any atom is -0.477 e. The molecule has 4 heterocycles. The van der Waals surface area contributed by atoms with Crippen LogP contribution in [0.3, 0.4) is 0 Å². The van der Waals surface area contributed by atoms with Crippen molar-refractivity contribution >= 4 is 22.8 Å². The van der Waals surface area contributed by atoms with Gasteiger partial charge in [0.2, 0.25) is 0 Å². The summed E-state index contributed by atoms with van der Waals surface area (Å²) in [5.41, 5.74) is 3.63. The highest BCUT2D eigenvalue weighted by molar-refractivity contribution is 7.17. The van der Waals surface area contributed by atoms with Crippen LogP contribution in [0.5, 0.6) is 0 Å². The fraction of sp³-hybridized carbons (Fsp3) is 0.0625. The van der Waals surface area contributed by atoms with Crippen LogP contribution in [0.4, 0.5) is 0 Å². The molecule has 0 bridgehead atoms. The van der Waals surface area contributed by atoms with Gasteiger partial charge in [-0.3, -0.25) is 0 Å². The van der Waals surface area contributed by atoms with E-state index in [4.69, 9.17) is 4.42 Å². The minimum atomic E-state index is -1.00. The zero-order valence-corrected chi connectivity index (χ0v) is 12.9. The number of nitrogens with zero attached hydrogens (tertiary/aromatic N) is 3. The second-order valence-corrected chi connectivity index (χ2v) is 6.00. The Labute approximate surface area is 134 Å². The summed E-state index contributed by atoms with van der Waals surface area (Å²) in [6.07, 6.45) is 4.85. The first-order valence-electron chi connectivity index (χ1n) is 6.86. The van der Waals surface area contributed by atoms with E-state index in [1.54, 1.807) is 10.6 Å². The van der Waals surface area contributed by atoms with Gasteiger partial charge in [-0.1, -0.05) is 6.07 Å². The molecule has 0 aliphatic rings. The number of aromatic nitrogens is 3. The normalized spacial score (nSPS) is 11.2. The van der Waals surface area contributed by atoms with Crippen molar-refractivity contribution in [3.63, 3.8) is 0 Å². The topological polar surface area (TPSA) is 80.6 Å². The quantitative estimate of drug-likeness (QED) is 0.621. The standard InChI is InChI=1S/C16H11N3O3S/c1-9-12(11-4-2-3-6-19(11)18-9)15-17-13(10-5-7-22-8-10)14(23-15)16(20)21/h2-8H,1H3,(H,20,21). The van der Waals surface area contributed by atoms with Crippen molar-refractivity contribution in [3.8, 4) is 21.8 Å². The van der Waals surface area contributed by atoms with Crippen LogP contribution < -0.4 is 0 Å². The van der Waals surface area contributed by atoms with Gasteiger partial charge in [0.15, 0.2) is 0 Å². The van der Waals surface area contributed by atoms with Crippen LogP contribution in [-0.2, 0) is 0 Å². The van der Waals surface area contributed by atoms with Gasteiger partial charge in [-0.2, -0.15) is 5.10 Å². The lowest BCUT2D eigenvalue weighted by Gasteiger charge is -1.95. The molecule has 0 aliphatic carbocycles. The molecule has 4 rings (SSSR count). The number of hydrogen-bond donors (Lipinski definition) is 1. The van der Waals surface area contributed by atoms with Gasteiger partial charge < -0.3 is 9.52 Å². The van der Waals surface area contributed by atoms with Gasteiger partial charge in [-0.15, -0.1) is 11.3 Å². The molecule has 4 aromatic heterocycles. The first-order chi connectivity index (χ1) is 11.1. The summed E-state index contributed by atoms with van der Waals surface area (Å²) >= 11 is 1.15. The fourth-order valence-corrected chi connectivity index (χ4v) is 3.58. The molecule has 23 heavy (non-hydrogen) atoms. The maximum atomic E-state index is 11.6. The summed E-state index contributed by atoms with van der Waals surface area (Å²) in [6.45, 7) is 1.89. The molecule has 0 aromatic carbocycles. The number of fused-ring (bicyclic) bond motifs is 1. The van der Waals surface area contributed by atoms with Crippen LogP contribution in [0.2, 0.25) is 0 Å². The Kier molecular flexibility index (Phi) is 3.02. The first-order valence-corrected chi connectivity index (χ1v) is 7.68. The average molecular weight is 325 g/mol. The summed E-state index contributed by atoms with van der Waals surface area (Å²) in [7, 11) is 0. The smallest absolute Gasteiger partial charge is 0.348 e. The number of rotatable bonds is 3. The van der Waals surface area contributed by atoms with Crippen molar-refractivity contribution in [2.24, 2.45) is 0 Å². The zero-order valence-electron chi connectivity index (χ0n) is 12.1. The molecular formula is C16H11N3O3S. The third kappa shape index (κ3) is 2.13. The van der Waals surface area contributed by atoms with E-state index in [1.165, 1.54) is 12.5 Å². The molecule has 0 atom stereocenters. The average Bonchev–Trinajstić information content (AvgIpc) is 3.23. The van der Waals surface area contributed by atoms with Crippen LogP contribution in [0, 0.1) is 6.92 Å². The number of carbonyl (C=O) groups is 1. The van der Waals surface area contributed by atoms with Crippen LogP contribution in [0.25, 0.3) is 27.3 Å². The Morgan fingerprint density at radius 1 is 1.35 bits per heavy atom. The number of aromatic carboxylic acids is 1. The third-order valence-corrected chi connectivity index (χ3v) is 4.61. The summed E-state index contributed by atoms with van der Waals surface area (Å²) < 4.78 is 6.82. The van der Waals surface area contributed by atoms with Crippen molar-refractivity contribution in [2.45, 2.75) is 6.92 Å². The number of hydrogen-bond acceptors (Lipinski definition) is 5. The lowest BCUT2D eigenvalue weighted by Crippen LogP contribution is -1.94. The Bertz CT molecular complexity index is 1010. The molecule has 114 valence electrons. The second kappa shape index (κ2) is 5.06. The van der Waals surface area contributed by atoms with Crippen molar-refractivity contribution in [1.29, 1.82) is 0 Å². The number of carboxylic acids is 1. The van der Waals surface area contributed by atoms with Crippen LogP contribution in [0.1, 0.15) is 15.4 Å². The summed E-state index contributed by atoms with van der Waals surface area (Å²) in [5, 5.41) is 14.6. The van der Waals surface area contributed by atoms with E-state index in [0.29, 0.717) is 16.3 Å². The summed E-state index contributed by atoms with van der Waals surface area (Å²) in [6, 6.07) is 7.45. The number of furan rings is 1. The Morgan fingerprint density at radius 2 is 2.22 bits per heavy atom. The molecule has 0 amide bonds. The van der Waals surface area contributed by atoms with Crippen molar-refractivity contribution in [1.82, 2.24) is 14.6 Å². The van der Waals surface area contributed by atoms with E-state index in [-0.39, 0.29) is 4.88 Å². The molecule has 0 saturated carbocycles. The minimum absolute atomic E-state index is 0.191. The van der Waals surface area contributed by atoms with Gasteiger partial charge in [0.1, 0.15) is 9.88 Å². The van der Waals surface area contributed by atoms with Crippen molar-refractivity contribution < 1.29 is 14.3 Å². The number of pyridine rings is 1. The van der Waals surface area contributed by atoms with Gasteiger partial charge in [0.25, 0.3) is 0 Å². The third-order valence-electron chi connectivity index (χ3n) is 3.54. The van der Waals surface area contributed by atoms with E-state index in [9.17, 15) is 9.90 Å². The molecular weight excluding hydrogens is 314 g/mol. The highest BCUT2D eigenvalue weighted by Crippen LogP contribution is 2.37. The maximum absolute atomic E-state index is 11.6. The van der Waals surface area contributed by atoms with Crippen molar-refractivity contribution in [3.05, 3.63) is 53.6 Å². The van der Waals surface area contributed by atoms with Crippen LogP contribution in [0.15, 0.2) is 47.4 Å². The zero-order chi connectivity index (χ0) is 16.0. The van der Waals surface area contributed by atoms with Gasteiger partial charge in [-0.25, -0.2) is 14.3 Å². The molecule has 0 unspecified atom stereocenters. The fourth-order valence-electron chi connectivity index (χ4n) is 2.55. The molecule has 4 aromatic rings. The molecule has 0 saturated heterocycles. The van der Waals surface area contributed by atoms with Gasteiger partial charge in [0, 0.05) is 11.8 Å². The second-order valence-electron chi connectivity index (χ2n) is 5.00. The predicted molar refractivity (Wildman–Crippen MR) is 85.7 cm³/mol. The van der Waals surface area contributed by atoms with E-state index >= 15 is 0 Å². The first kappa shape index (κ1) is 13.7. The Balaban J connectivity index is 1.98. The molecule has 7 heteroatoms. The number of thiazole rings is 1. The van der Waals surface area contributed by atoms with E-state index in [1.807, 2.05) is 31.3 Å². The van der Waals surface area contributed by atoms with Gasteiger partial charge in [-0.05, 0) is 25.1 Å². The molecule has 6 nitrogen and oxygen atoms in total. The molecule has 1 N–H and O–H groups in total. The van der Waals surface area contributed by atoms with Crippen LogP contribution in [-0.4, -0.2) is 25.7 Å². The molecule has 0 spiro atoms. The van der Waals surface area contributed by atoms with E-state index in [0.717, 1.165) is 28.1 Å². The van der Waals surface area contributed by atoms with Crippen LogP contribution >= 0.6 is 11.3 Å². The number of aryl methyl sites for hydroxylation is 1. The largest absolute Gasteiger partial charge is 0.477 e. The van der Waals surface area contributed by atoms with E-state index in [2.05, 4.69) is 10.1 Å². The summed E-state index contributed by atoms with van der Waals surface area (Å²) in [4.78, 5) is 16.3. The Morgan fingerprint density at radius 3 is 2.96 bits per heavy atom. The molecule has 0 fully saturated rings. The van der Waals surface area contributed by atoms with Crippen molar-refractivity contribution in [2.75, 3.05) is 0 Å². The Hall–Kier alpha value is -2.93. The van der Waals surface area contributed by atoms with E-state index < -0.39 is 5.97 Å². The lowest BCUT2D eigenvalue weighted by molar-refractivity contribution is 0.0702. The highest BCUT2D eigenvalue weighted by Gasteiger charge is 2.23. The highest BCUT2D eigenvalue weighted by atomic mass is 32.1.